The van der Waals surface area contributed by atoms with E-state index in [9.17, 15) is 4.79 Å². The molecule has 0 radical (unpaired) electrons. The highest BCUT2D eigenvalue weighted by Gasteiger charge is 2.23. The molecule has 0 bridgehead atoms. The summed E-state index contributed by atoms with van der Waals surface area (Å²) in [7, 11) is 0. The summed E-state index contributed by atoms with van der Waals surface area (Å²) in [6.45, 7) is 10.9. The number of rotatable bonds is 7. The number of nitrogens with one attached hydrogen (secondary N) is 1. The zero-order valence-corrected chi connectivity index (χ0v) is 19.3. The zero-order chi connectivity index (χ0) is 22.3. The van der Waals surface area contributed by atoms with Gasteiger partial charge in [0.25, 0.3) is 5.91 Å². The summed E-state index contributed by atoms with van der Waals surface area (Å²) >= 11 is 0. The van der Waals surface area contributed by atoms with Gasteiger partial charge < -0.3 is 9.47 Å². The van der Waals surface area contributed by atoms with Crippen molar-refractivity contribution in [3.05, 3.63) is 59.2 Å². The molecule has 0 aromatic heterocycles. The van der Waals surface area contributed by atoms with Gasteiger partial charge in [0.05, 0.1) is 13.2 Å². The lowest BCUT2D eigenvalue weighted by atomic mass is 9.98. The maximum atomic E-state index is 13.1. The number of carbonyl (C=O) groups is 1. The van der Waals surface area contributed by atoms with Crippen LogP contribution in [0, 0.1) is 6.92 Å². The predicted octanol–water partition coefficient (Wildman–Crippen LogP) is 3.64. The average molecular weight is 438 g/mol. The lowest BCUT2D eigenvalue weighted by Crippen LogP contribution is -2.50. The number of aryl methyl sites for hydroxylation is 1. The van der Waals surface area contributed by atoms with Gasteiger partial charge >= 0.3 is 0 Å². The van der Waals surface area contributed by atoms with Gasteiger partial charge in [-0.25, -0.2) is 5.01 Å². The van der Waals surface area contributed by atoms with Crippen LogP contribution in [0.2, 0.25) is 0 Å². The third-order valence-electron chi connectivity index (χ3n) is 6.50. The van der Waals surface area contributed by atoms with E-state index in [0.29, 0.717) is 6.04 Å². The van der Waals surface area contributed by atoms with Crippen molar-refractivity contribution in [1.29, 1.82) is 0 Å². The fourth-order valence-electron chi connectivity index (χ4n) is 4.48. The molecule has 0 aliphatic carbocycles. The van der Waals surface area contributed by atoms with E-state index < -0.39 is 0 Å². The number of hydrogen-bond acceptors (Lipinski definition) is 5. The first-order valence-corrected chi connectivity index (χ1v) is 11.8. The van der Waals surface area contributed by atoms with E-state index in [0.717, 1.165) is 87.7 Å². The smallest absolute Gasteiger partial charge is 0.265 e. The first-order chi connectivity index (χ1) is 15.6. The van der Waals surface area contributed by atoms with Crippen molar-refractivity contribution in [1.82, 2.24) is 15.3 Å². The number of nitrogens with zero attached hydrogens (tertiary/aromatic N) is 2. The van der Waals surface area contributed by atoms with Crippen LogP contribution in [-0.2, 0) is 16.0 Å². The van der Waals surface area contributed by atoms with Crippen LogP contribution in [0.3, 0.4) is 0 Å². The van der Waals surface area contributed by atoms with E-state index in [2.05, 4.69) is 52.6 Å². The van der Waals surface area contributed by atoms with Crippen molar-refractivity contribution in [2.24, 2.45) is 0 Å². The number of hydrogen-bond donors (Lipinski definition) is 1. The Morgan fingerprint density at radius 1 is 1.00 bits per heavy atom. The molecule has 2 fully saturated rings. The van der Waals surface area contributed by atoms with E-state index in [1.165, 1.54) is 5.56 Å². The molecule has 2 aromatic rings. The molecular weight excluding hydrogens is 402 g/mol. The Kier molecular flexibility index (Phi) is 7.92. The molecule has 2 saturated heterocycles. The second kappa shape index (κ2) is 11.1. The molecule has 1 N–H and O–H groups in total. The Labute approximate surface area is 191 Å². The van der Waals surface area contributed by atoms with Gasteiger partial charge in [-0.3, -0.25) is 15.1 Å². The van der Waals surface area contributed by atoms with Gasteiger partial charge in [-0.15, -0.1) is 0 Å². The highest BCUT2D eigenvalue weighted by Crippen LogP contribution is 2.24. The Balaban J connectivity index is 1.45. The molecule has 32 heavy (non-hydrogen) atoms. The fourth-order valence-corrected chi connectivity index (χ4v) is 4.48. The van der Waals surface area contributed by atoms with Gasteiger partial charge in [0, 0.05) is 51.0 Å². The number of carbonyl (C=O) groups excluding carboxylic acids is 1. The quantitative estimate of drug-likeness (QED) is 0.671. The normalized spacial score (nSPS) is 18.1. The lowest BCUT2D eigenvalue weighted by molar-refractivity contribution is 0.0147. The number of ether oxygens (including phenoxy) is 2. The Morgan fingerprint density at radius 2 is 1.66 bits per heavy atom. The molecule has 2 heterocycles. The van der Waals surface area contributed by atoms with E-state index in [-0.39, 0.29) is 5.91 Å². The number of hydrazine groups is 1. The summed E-state index contributed by atoms with van der Waals surface area (Å²) in [6, 6.07) is 15.2. The molecule has 2 aliphatic heterocycles. The van der Waals surface area contributed by atoms with Crippen LogP contribution < -0.4 is 5.43 Å². The van der Waals surface area contributed by atoms with Crippen LogP contribution in [0.5, 0.6) is 0 Å². The number of morpholine rings is 1. The maximum Gasteiger partial charge on any atom is 0.265 e. The van der Waals surface area contributed by atoms with E-state index >= 15 is 0 Å². The topological polar surface area (TPSA) is 54.0 Å². The molecule has 172 valence electrons. The monoisotopic (exact) mass is 437 g/mol. The molecule has 0 saturated carbocycles. The average Bonchev–Trinajstić information content (AvgIpc) is 2.84. The number of benzene rings is 2. The Morgan fingerprint density at radius 3 is 2.34 bits per heavy atom. The van der Waals surface area contributed by atoms with E-state index in [4.69, 9.17) is 9.47 Å². The van der Waals surface area contributed by atoms with E-state index in [1.807, 2.05) is 19.1 Å². The predicted molar refractivity (Wildman–Crippen MR) is 126 cm³/mol. The molecule has 2 aromatic carbocycles. The molecule has 1 amide bonds. The molecule has 6 heteroatoms. The largest absolute Gasteiger partial charge is 0.381 e. The summed E-state index contributed by atoms with van der Waals surface area (Å²) < 4.78 is 10.9. The summed E-state index contributed by atoms with van der Waals surface area (Å²) in [4.78, 5) is 15.6. The molecule has 4 rings (SSSR count). The molecule has 0 atom stereocenters. The molecule has 0 unspecified atom stereocenters. The minimum atomic E-state index is -0.0402. The highest BCUT2D eigenvalue weighted by molar-refractivity contribution is 5.96. The Bertz CT molecular complexity index is 888. The lowest BCUT2D eigenvalue weighted by Gasteiger charge is -2.33. The van der Waals surface area contributed by atoms with E-state index in [1.54, 1.807) is 0 Å². The van der Waals surface area contributed by atoms with Crippen LogP contribution in [0.4, 0.5) is 0 Å². The zero-order valence-electron chi connectivity index (χ0n) is 19.3. The van der Waals surface area contributed by atoms with Crippen molar-refractivity contribution in [2.75, 3.05) is 46.1 Å². The van der Waals surface area contributed by atoms with Gasteiger partial charge in [-0.05, 0) is 48.1 Å². The second-order valence-corrected chi connectivity index (χ2v) is 8.69. The summed E-state index contributed by atoms with van der Waals surface area (Å²) in [5.74, 6) is -0.0402. The number of amides is 1. The SMILES string of the molecule is CCN(NC(=O)c1cc(-c2ccc(CN3CCOCC3)cc2)ccc1C)C1CCOCC1. The first-order valence-electron chi connectivity index (χ1n) is 11.8. The third kappa shape index (κ3) is 5.75. The third-order valence-corrected chi connectivity index (χ3v) is 6.50. The minimum absolute atomic E-state index is 0.0402. The van der Waals surface area contributed by atoms with Gasteiger partial charge in [0.2, 0.25) is 0 Å². The molecule has 6 nitrogen and oxygen atoms in total. The van der Waals surface area contributed by atoms with Crippen LogP contribution in [0.25, 0.3) is 11.1 Å². The van der Waals surface area contributed by atoms with Gasteiger partial charge in [0.1, 0.15) is 0 Å². The van der Waals surface area contributed by atoms with Crippen LogP contribution in [0.15, 0.2) is 42.5 Å². The van der Waals surface area contributed by atoms with Crippen molar-refractivity contribution in [3.63, 3.8) is 0 Å². The van der Waals surface area contributed by atoms with Crippen molar-refractivity contribution >= 4 is 5.91 Å². The van der Waals surface area contributed by atoms with Gasteiger partial charge in [-0.1, -0.05) is 43.3 Å². The summed E-state index contributed by atoms with van der Waals surface area (Å²) in [5, 5.41) is 2.07. The minimum Gasteiger partial charge on any atom is -0.381 e. The standard InChI is InChI=1S/C26H35N3O3/c1-3-29(24-10-14-31-15-11-24)27-26(30)25-18-23(7-4-20(25)2)22-8-5-21(6-9-22)19-28-12-16-32-17-13-28/h4-9,18,24H,3,10-17,19H2,1-2H3,(H,27,30). The van der Waals surface area contributed by atoms with Gasteiger partial charge in [-0.2, -0.15) is 0 Å². The summed E-state index contributed by atoms with van der Waals surface area (Å²) in [5.41, 5.74) is 8.35. The Hall–Kier alpha value is -2.25. The van der Waals surface area contributed by atoms with Crippen molar-refractivity contribution < 1.29 is 14.3 Å². The molecule has 0 spiro atoms. The first kappa shape index (κ1) is 22.9. The van der Waals surface area contributed by atoms with Crippen molar-refractivity contribution in [3.8, 4) is 11.1 Å². The molecule has 2 aliphatic rings. The van der Waals surface area contributed by atoms with Crippen LogP contribution >= 0.6 is 0 Å². The molecular formula is C26H35N3O3. The maximum absolute atomic E-state index is 13.1. The van der Waals surface area contributed by atoms with Crippen LogP contribution in [-0.4, -0.2) is 67.9 Å². The second-order valence-electron chi connectivity index (χ2n) is 8.69. The fraction of sp³-hybridized carbons (Fsp3) is 0.500. The highest BCUT2D eigenvalue weighted by atomic mass is 16.5. The van der Waals surface area contributed by atoms with Crippen LogP contribution in [0.1, 0.15) is 41.3 Å². The summed E-state index contributed by atoms with van der Waals surface area (Å²) in [6.07, 6.45) is 1.90. The van der Waals surface area contributed by atoms with Crippen molar-refractivity contribution in [2.45, 2.75) is 39.3 Å². The van der Waals surface area contributed by atoms with Gasteiger partial charge in [0.15, 0.2) is 0 Å².